The van der Waals surface area contributed by atoms with Gasteiger partial charge in [0.25, 0.3) is 6.61 Å². The number of aliphatic hydroxyl groups is 1. The zero-order chi connectivity index (χ0) is 11.7. The van der Waals surface area contributed by atoms with E-state index in [1.165, 1.54) is 5.57 Å². The molecule has 1 saturated heterocycles. The molecule has 17 heavy (non-hydrogen) atoms. The molecule has 4 nitrogen and oxygen atoms in total. The van der Waals surface area contributed by atoms with Crippen molar-refractivity contribution in [3.05, 3.63) is 28.8 Å². The van der Waals surface area contributed by atoms with Gasteiger partial charge in [-0.25, -0.2) is 4.98 Å². The second-order valence-electron chi connectivity index (χ2n) is 4.23. The number of hydrogen-bond acceptors (Lipinski definition) is 5. The highest BCUT2D eigenvalue weighted by molar-refractivity contribution is 7.12. The Kier molecular flexibility index (Phi) is 2.92. The van der Waals surface area contributed by atoms with Gasteiger partial charge in [0.15, 0.2) is 0 Å². The number of rotatable bonds is 2. The predicted octanol–water partition coefficient (Wildman–Crippen LogP) is 2.11. The molecule has 0 radical (unpaired) electrons. The van der Waals surface area contributed by atoms with E-state index in [2.05, 4.69) is 11.1 Å². The van der Waals surface area contributed by atoms with Crippen molar-refractivity contribution in [3.8, 4) is 0 Å². The summed E-state index contributed by atoms with van der Waals surface area (Å²) >= 11 is 1.55. The monoisotopic (exact) mass is 252 g/mol. The number of thiazole rings is 1. The largest absolute Gasteiger partial charge is 0.391 e. The van der Waals surface area contributed by atoms with Crippen molar-refractivity contribution >= 4 is 16.9 Å². The first-order chi connectivity index (χ1) is 8.31. The van der Waals surface area contributed by atoms with E-state index in [0.29, 0.717) is 6.61 Å². The van der Waals surface area contributed by atoms with Gasteiger partial charge in [-0.05, 0) is 12.0 Å². The van der Waals surface area contributed by atoms with E-state index < -0.39 is 5.79 Å². The molecule has 1 N–H and O–H groups in total. The molecule has 5 heteroatoms. The van der Waals surface area contributed by atoms with Crippen molar-refractivity contribution in [3.63, 3.8) is 0 Å². The normalized spacial score (nSPS) is 28.2. The molecule has 0 saturated carbocycles. The number of aromatic nitrogens is 1. The highest BCUT2D eigenvalue weighted by Gasteiger charge is 2.44. The molecule has 90 valence electrons. The zero-order valence-corrected chi connectivity index (χ0v) is 10.2. The number of hydrogen-bond donors (Lipinski definition) is 1. The summed E-state index contributed by atoms with van der Waals surface area (Å²) in [4.78, 5) is 5.23. The van der Waals surface area contributed by atoms with Crippen LogP contribution in [0.15, 0.2) is 12.3 Å². The molecule has 0 bridgehead atoms. The highest BCUT2D eigenvalue weighted by Crippen LogP contribution is 2.39. The number of allylic oxidation sites excluding steroid dienone is 1. The molecule has 1 atom stereocenters. The van der Waals surface area contributed by atoms with Crippen LogP contribution in [-0.2, 0) is 16.1 Å². The van der Waals surface area contributed by atoms with Crippen LogP contribution in [0.1, 0.15) is 29.1 Å². The first-order valence-corrected chi connectivity index (χ1v) is 6.51. The molecule has 1 aromatic heterocycles. The van der Waals surface area contributed by atoms with Crippen molar-refractivity contribution in [2.24, 2.45) is 0 Å². The van der Waals surface area contributed by atoms with E-state index in [1.807, 2.05) is 0 Å². The minimum Gasteiger partial charge on any atom is -0.391 e. The molecular weight excluding hydrogens is 238 g/mol. The summed E-state index contributed by atoms with van der Waals surface area (Å²) in [6, 6.07) is 0. The van der Waals surface area contributed by atoms with E-state index in [9.17, 15) is 0 Å². The smallest absolute Gasteiger partial charge is 0.259 e. The lowest BCUT2D eigenvalue weighted by Gasteiger charge is -2.25. The van der Waals surface area contributed by atoms with E-state index in [0.717, 1.165) is 29.1 Å². The van der Waals surface area contributed by atoms with Gasteiger partial charge in [0.2, 0.25) is 12.4 Å². The molecule has 1 spiro atoms. The van der Waals surface area contributed by atoms with E-state index in [4.69, 9.17) is 14.6 Å². The Morgan fingerprint density at radius 2 is 2.53 bits per heavy atom. The van der Waals surface area contributed by atoms with Crippen molar-refractivity contribution in [2.75, 3.05) is 6.61 Å². The summed E-state index contributed by atoms with van der Waals surface area (Å²) in [5.41, 5.74) is 1.24. The summed E-state index contributed by atoms with van der Waals surface area (Å²) in [7, 11) is 0. The van der Waals surface area contributed by atoms with Gasteiger partial charge in [-0.15, -0.1) is 11.3 Å². The fourth-order valence-electron chi connectivity index (χ4n) is 2.18. The topological polar surface area (TPSA) is 51.6 Å². The fraction of sp³-hybridized carbons (Fsp3) is 0.500. The van der Waals surface area contributed by atoms with Crippen LogP contribution in [0.4, 0.5) is 0 Å². The number of nitrogens with zero attached hydrogens (tertiary/aromatic N) is 1. The lowest BCUT2D eigenvalue weighted by Crippen LogP contribution is -2.31. The summed E-state index contributed by atoms with van der Waals surface area (Å²) in [6.07, 6.45) is 6.42. The maximum atomic E-state index is 9.02. The van der Waals surface area contributed by atoms with Crippen LogP contribution < -0.4 is 0 Å². The first-order valence-electron chi connectivity index (χ1n) is 5.70. The molecule has 1 aliphatic heterocycles. The zero-order valence-electron chi connectivity index (χ0n) is 9.39. The molecule has 2 heterocycles. The van der Waals surface area contributed by atoms with Gasteiger partial charge in [-0.2, -0.15) is 4.74 Å². The average Bonchev–Trinajstić information content (AvgIpc) is 3.00. The van der Waals surface area contributed by atoms with Crippen LogP contribution in [0.3, 0.4) is 0 Å². The lowest BCUT2D eigenvalue weighted by atomic mass is 9.94. The number of ether oxygens (including phenoxy) is 2. The Morgan fingerprint density at radius 3 is 3.12 bits per heavy atom. The van der Waals surface area contributed by atoms with E-state index in [1.54, 1.807) is 24.1 Å². The third kappa shape index (κ3) is 2.11. The number of aliphatic hydroxyl groups excluding tert-OH is 1. The maximum Gasteiger partial charge on any atom is 0.259 e. The minimum atomic E-state index is -0.416. The summed E-state index contributed by atoms with van der Waals surface area (Å²) < 4.78 is 11.2. The Labute approximate surface area is 104 Å². The molecule has 3 rings (SSSR count). The van der Waals surface area contributed by atoms with Crippen molar-refractivity contribution in [2.45, 2.75) is 31.7 Å². The second-order valence-corrected chi connectivity index (χ2v) is 5.34. The molecule has 0 amide bonds. The molecule has 2 aliphatic rings. The summed E-state index contributed by atoms with van der Waals surface area (Å²) in [5.74, 6) is -0.416. The van der Waals surface area contributed by atoms with Crippen molar-refractivity contribution < 1.29 is 14.6 Å². The van der Waals surface area contributed by atoms with Crippen LogP contribution in [0.5, 0.6) is 0 Å². The van der Waals surface area contributed by atoms with Gasteiger partial charge < -0.3 is 5.11 Å². The van der Waals surface area contributed by atoms with Gasteiger partial charge in [0, 0.05) is 19.0 Å². The SMILES string of the molecule is OCc1cnc(C2=CCC3(CC2)O[CH+]CO3)s1. The third-order valence-electron chi connectivity index (χ3n) is 3.13. The molecule has 0 aromatic carbocycles. The maximum absolute atomic E-state index is 9.02. The minimum absolute atomic E-state index is 0.0655. The van der Waals surface area contributed by atoms with Gasteiger partial charge in [0.05, 0.1) is 11.5 Å². The van der Waals surface area contributed by atoms with Gasteiger partial charge in [-0.1, -0.05) is 6.08 Å². The van der Waals surface area contributed by atoms with Crippen molar-refractivity contribution in [1.82, 2.24) is 4.98 Å². The molecule has 1 aliphatic carbocycles. The van der Waals surface area contributed by atoms with Crippen molar-refractivity contribution in [1.29, 1.82) is 0 Å². The predicted molar refractivity (Wildman–Crippen MR) is 63.9 cm³/mol. The van der Waals surface area contributed by atoms with E-state index in [-0.39, 0.29) is 6.61 Å². The Balaban J connectivity index is 1.75. The lowest BCUT2D eigenvalue weighted by molar-refractivity contribution is -0.152. The fourth-order valence-corrected chi connectivity index (χ4v) is 3.02. The van der Waals surface area contributed by atoms with Crippen LogP contribution >= 0.6 is 11.3 Å². The quantitative estimate of drug-likeness (QED) is 0.819. The standard InChI is InChI=1S/C12H14NO3S/c14-8-10-7-13-11(17-10)9-1-3-12(4-2-9)15-5-6-16-12/h1,5,7,14H,2-4,6,8H2/q+1. The van der Waals surface area contributed by atoms with Gasteiger partial charge in [0.1, 0.15) is 5.01 Å². The average molecular weight is 252 g/mol. The van der Waals surface area contributed by atoms with Gasteiger partial charge >= 0.3 is 0 Å². The summed E-state index contributed by atoms with van der Waals surface area (Å²) in [6.45, 7) is 2.37. The third-order valence-corrected chi connectivity index (χ3v) is 4.19. The molecular formula is C12H14NO3S+. The van der Waals surface area contributed by atoms with Crippen LogP contribution in [0.25, 0.3) is 5.57 Å². The second kappa shape index (κ2) is 4.42. The first kappa shape index (κ1) is 11.2. The van der Waals surface area contributed by atoms with Crippen LogP contribution in [0, 0.1) is 6.61 Å². The Hall–Kier alpha value is -0.880. The Morgan fingerprint density at radius 1 is 1.59 bits per heavy atom. The van der Waals surface area contributed by atoms with E-state index >= 15 is 0 Å². The van der Waals surface area contributed by atoms with Crippen LogP contribution in [-0.4, -0.2) is 22.5 Å². The highest BCUT2D eigenvalue weighted by atomic mass is 32.1. The summed E-state index contributed by atoms with van der Waals surface area (Å²) in [5, 5.41) is 10.0. The Bertz CT molecular complexity index is 435. The molecule has 1 aromatic rings. The molecule has 1 fully saturated rings. The van der Waals surface area contributed by atoms with Crippen LogP contribution in [0.2, 0.25) is 0 Å². The molecule has 1 unspecified atom stereocenters. The van der Waals surface area contributed by atoms with Gasteiger partial charge in [-0.3, -0.25) is 4.74 Å².